The van der Waals surface area contributed by atoms with Gasteiger partial charge in [0.1, 0.15) is 5.82 Å². The Morgan fingerprint density at radius 2 is 1.58 bits per heavy atom. The maximum absolute atomic E-state index is 11.9. The molecule has 0 bridgehead atoms. The highest BCUT2D eigenvalue weighted by Gasteiger charge is 2.21. The van der Waals surface area contributed by atoms with Crippen LogP contribution in [0.2, 0.25) is 0 Å². The number of anilines is 2. The molecular weight excluding hydrogens is 527 g/mol. The van der Waals surface area contributed by atoms with Gasteiger partial charge in [-0.3, -0.25) is 9.79 Å². The van der Waals surface area contributed by atoms with Gasteiger partial charge in [-0.1, -0.05) is 31.0 Å². The lowest BCUT2D eigenvalue weighted by molar-refractivity contribution is -0.117. The van der Waals surface area contributed by atoms with E-state index in [1.165, 1.54) is 25.7 Å². The van der Waals surface area contributed by atoms with Crippen molar-refractivity contribution in [3.05, 3.63) is 53.7 Å². The fraction of sp³-hybridized carbons (Fsp3) is 0.480. The first-order valence-corrected chi connectivity index (χ1v) is 11.8. The third-order valence-corrected chi connectivity index (χ3v) is 6.20. The quantitative estimate of drug-likeness (QED) is 0.316. The molecule has 2 N–H and O–H groups in total. The van der Waals surface area contributed by atoms with Gasteiger partial charge in [-0.05, 0) is 48.6 Å². The molecule has 33 heavy (non-hydrogen) atoms. The molecular formula is C25H35IN6O. The van der Waals surface area contributed by atoms with Gasteiger partial charge in [0, 0.05) is 58.1 Å². The minimum absolute atomic E-state index is 0. The highest BCUT2D eigenvalue weighted by atomic mass is 127. The van der Waals surface area contributed by atoms with Crippen molar-refractivity contribution in [2.75, 3.05) is 36.5 Å². The molecule has 178 valence electrons. The number of hydrogen-bond donors (Lipinski definition) is 2. The predicted molar refractivity (Wildman–Crippen MR) is 145 cm³/mol. The zero-order valence-electron chi connectivity index (χ0n) is 19.4. The van der Waals surface area contributed by atoms with Gasteiger partial charge < -0.3 is 20.4 Å². The number of aliphatic imine (C=N–C) groups is 1. The Bertz CT molecular complexity index is 907. The molecule has 2 fully saturated rings. The Balaban J connectivity index is 0.00000306. The van der Waals surface area contributed by atoms with Crippen molar-refractivity contribution in [2.24, 2.45) is 4.99 Å². The van der Waals surface area contributed by atoms with E-state index in [9.17, 15) is 4.79 Å². The third kappa shape index (κ3) is 7.06. The molecule has 0 saturated carbocycles. The van der Waals surface area contributed by atoms with E-state index >= 15 is 0 Å². The van der Waals surface area contributed by atoms with Crippen molar-refractivity contribution < 1.29 is 4.79 Å². The molecule has 2 saturated heterocycles. The van der Waals surface area contributed by atoms with Gasteiger partial charge in [0.05, 0.1) is 0 Å². The Morgan fingerprint density at radius 3 is 2.15 bits per heavy atom. The van der Waals surface area contributed by atoms with Gasteiger partial charge in [-0.2, -0.15) is 0 Å². The summed E-state index contributed by atoms with van der Waals surface area (Å²) >= 11 is 0. The van der Waals surface area contributed by atoms with Crippen LogP contribution in [0.5, 0.6) is 0 Å². The van der Waals surface area contributed by atoms with Crippen LogP contribution in [-0.2, 0) is 17.9 Å². The second kappa shape index (κ2) is 12.8. The van der Waals surface area contributed by atoms with Crippen molar-refractivity contribution in [3.63, 3.8) is 0 Å². The van der Waals surface area contributed by atoms with Crippen LogP contribution in [0.25, 0.3) is 0 Å². The number of halogens is 1. The topological polar surface area (TPSA) is 72.9 Å². The van der Waals surface area contributed by atoms with E-state index in [-0.39, 0.29) is 29.9 Å². The normalized spacial score (nSPS) is 16.9. The number of nitrogens with one attached hydrogen (secondary N) is 2. The predicted octanol–water partition coefficient (Wildman–Crippen LogP) is 4.07. The highest BCUT2D eigenvalue weighted by Crippen LogP contribution is 2.21. The van der Waals surface area contributed by atoms with E-state index in [1.807, 2.05) is 23.2 Å². The number of pyridine rings is 1. The van der Waals surface area contributed by atoms with Crippen LogP contribution in [0.1, 0.15) is 49.7 Å². The molecule has 4 rings (SSSR count). The summed E-state index contributed by atoms with van der Waals surface area (Å²) < 4.78 is 0. The van der Waals surface area contributed by atoms with Crippen LogP contribution in [-0.4, -0.2) is 43.5 Å². The van der Waals surface area contributed by atoms with Crippen molar-refractivity contribution in [3.8, 4) is 0 Å². The van der Waals surface area contributed by atoms with Crippen LogP contribution >= 0.6 is 24.0 Å². The minimum Gasteiger partial charge on any atom is -0.357 e. The summed E-state index contributed by atoms with van der Waals surface area (Å²) in [6, 6.07) is 12.4. The summed E-state index contributed by atoms with van der Waals surface area (Å²) in [6.45, 7) is 4.37. The largest absolute Gasteiger partial charge is 0.357 e. The van der Waals surface area contributed by atoms with E-state index < -0.39 is 0 Å². The molecule has 0 radical (unpaired) electrons. The molecule has 0 unspecified atom stereocenters. The second-order valence-corrected chi connectivity index (χ2v) is 8.52. The first-order chi connectivity index (χ1) is 15.7. The first kappa shape index (κ1) is 25.3. The molecule has 1 amide bonds. The van der Waals surface area contributed by atoms with Crippen LogP contribution < -0.4 is 20.4 Å². The van der Waals surface area contributed by atoms with Gasteiger partial charge in [0.15, 0.2) is 5.96 Å². The molecule has 3 heterocycles. The van der Waals surface area contributed by atoms with Gasteiger partial charge in [-0.25, -0.2) is 4.98 Å². The summed E-state index contributed by atoms with van der Waals surface area (Å²) in [7, 11) is 1.78. The molecule has 0 aliphatic carbocycles. The van der Waals surface area contributed by atoms with Crippen molar-refractivity contribution in [2.45, 2.75) is 51.6 Å². The molecule has 8 heteroatoms. The Labute approximate surface area is 214 Å². The number of nitrogens with zero attached hydrogens (tertiary/aromatic N) is 4. The van der Waals surface area contributed by atoms with E-state index in [1.54, 1.807) is 7.05 Å². The zero-order chi connectivity index (χ0) is 22.2. The number of guanidine groups is 1. The molecule has 2 aliphatic rings. The van der Waals surface area contributed by atoms with Gasteiger partial charge in [0.2, 0.25) is 5.91 Å². The molecule has 1 aromatic heterocycles. The average Bonchev–Trinajstić information content (AvgIpc) is 3.08. The third-order valence-electron chi connectivity index (χ3n) is 6.20. The molecule has 1 aromatic carbocycles. The Morgan fingerprint density at radius 1 is 0.909 bits per heavy atom. The summed E-state index contributed by atoms with van der Waals surface area (Å²) in [5, 5.41) is 6.71. The number of hydrogen-bond acceptors (Lipinski definition) is 4. The lowest BCUT2D eigenvalue weighted by atomic mass is 10.2. The Hall–Kier alpha value is -2.36. The molecule has 7 nitrogen and oxygen atoms in total. The molecule has 0 spiro atoms. The van der Waals surface area contributed by atoms with E-state index in [4.69, 9.17) is 0 Å². The zero-order valence-corrected chi connectivity index (χ0v) is 21.8. The van der Waals surface area contributed by atoms with Gasteiger partial charge in [-0.15, -0.1) is 24.0 Å². The van der Waals surface area contributed by atoms with Crippen molar-refractivity contribution in [1.29, 1.82) is 0 Å². The number of benzene rings is 1. The first-order valence-electron chi connectivity index (χ1n) is 11.8. The maximum Gasteiger partial charge on any atom is 0.227 e. The van der Waals surface area contributed by atoms with Crippen LogP contribution in [0.4, 0.5) is 11.5 Å². The van der Waals surface area contributed by atoms with Crippen LogP contribution in [0, 0.1) is 0 Å². The average molecular weight is 563 g/mol. The highest BCUT2D eigenvalue weighted by molar-refractivity contribution is 14.0. The minimum atomic E-state index is 0. The molecule has 2 aromatic rings. The number of rotatable bonds is 6. The SMILES string of the molecule is CN=C(NCc1ccc(N2CCCC2=O)cc1)NCc1ccc(N2CCCCCC2)nc1.I. The number of carbonyl (C=O) groups is 1. The number of carbonyl (C=O) groups excluding carboxylic acids is 1. The fourth-order valence-electron chi connectivity index (χ4n) is 4.32. The van der Waals surface area contributed by atoms with Gasteiger partial charge >= 0.3 is 0 Å². The van der Waals surface area contributed by atoms with Gasteiger partial charge in [0.25, 0.3) is 0 Å². The summed E-state index contributed by atoms with van der Waals surface area (Å²) in [5.74, 6) is 2.05. The summed E-state index contributed by atoms with van der Waals surface area (Å²) in [4.78, 5) is 25.2. The van der Waals surface area contributed by atoms with E-state index in [0.29, 0.717) is 19.5 Å². The van der Waals surface area contributed by atoms with Crippen molar-refractivity contribution in [1.82, 2.24) is 15.6 Å². The molecule has 0 atom stereocenters. The van der Waals surface area contributed by atoms with E-state index in [2.05, 4.69) is 49.8 Å². The van der Waals surface area contributed by atoms with Crippen LogP contribution in [0.3, 0.4) is 0 Å². The van der Waals surface area contributed by atoms with Crippen LogP contribution in [0.15, 0.2) is 47.6 Å². The summed E-state index contributed by atoms with van der Waals surface area (Å²) in [5.41, 5.74) is 3.26. The standard InChI is InChI=1S/C25H34N6O.HI/c1-26-25(28-17-20-8-11-22(12-9-20)31-16-6-7-24(31)32)29-19-21-10-13-23(27-18-21)30-14-4-2-3-5-15-30;/h8-13,18H,2-7,14-17,19H2,1H3,(H2,26,28,29);1H. The van der Waals surface area contributed by atoms with Crippen molar-refractivity contribution >= 4 is 47.3 Å². The maximum atomic E-state index is 11.9. The fourth-order valence-corrected chi connectivity index (χ4v) is 4.32. The molecule has 2 aliphatic heterocycles. The number of aromatic nitrogens is 1. The van der Waals surface area contributed by atoms with E-state index in [0.717, 1.165) is 54.6 Å². The second-order valence-electron chi connectivity index (χ2n) is 8.52. The number of amides is 1. The summed E-state index contributed by atoms with van der Waals surface area (Å²) in [6.07, 6.45) is 8.72. The smallest absolute Gasteiger partial charge is 0.227 e. The monoisotopic (exact) mass is 562 g/mol. The lowest BCUT2D eigenvalue weighted by Gasteiger charge is -2.21. The Kier molecular flexibility index (Phi) is 9.77. The lowest BCUT2D eigenvalue weighted by Crippen LogP contribution is -2.36.